The maximum absolute atomic E-state index is 13.4. The van der Waals surface area contributed by atoms with Gasteiger partial charge in [-0.2, -0.15) is 0 Å². The van der Waals surface area contributed by atoms with Crippen molar-refractivity contribution in [3.05, 3.63) is 57.0 Å². The van der Waals surface area contributed by atoms with Gasteiger partial charge in [-0.3, -0.25) is 9.20 Å². The second-order valence-corrected chi connectivity index (χ2v) is 7.52. The maximum Gasteiger partial charge on any atom is 0.335 e. The Kier molecular flexibility index (Phi) is 4.22. The second kappa shape index (κ2) is 6.81. The summed E-state index contributed by atoms with van der Waals surface area (Å²) in [6, 6.07) is 8.57. The number of morpholine rings is 1. The molecule has 1 N–H and O–H groups in total. The summed E-state index contributed by atoms with van der Waals surface area (Å²) < 4.78 is 7.07. The van der Waals surface area contributed by atoms with E-state index in [4.69, 9.17) is 4.74 Å². The van der Waals surface area contributed by atoms with E-state index >= 15 is 0 Å². The first kappa shape index (κ1) is 18.6. The van der Waals surface area contributed by atoms with E-state index in [1.54, 1.807) is 10.5 Å². The molecule has 5 rings (SSSR count). The van der Waals surface area contributed by atoms with Gasteiger partial charge in [0.2, 0.25) is 0 Å². The number of anilines is 1. The van der Waals surface area contributed by atoms with Gasteiger partial charge in [-0.05, 0) is 49.7 Å². The van der Waals surface area contributed by atoms with Gasteiger partial charge in [-0.25, -0.2) is 9.78 Å². The second-order valence-electron chi connectivity index (χ2n) is 7.52. The van der Waals surface area contributed by atoms with Crippen LogP contribution < -0.4 is 15.7 Å². The number of ether oxygens (including phenoxy) is 1. The molecule has 0 atom stereocenters. The fraction of sp³-hybridized carbons (Fsp3) is 0.261. The summed E-state index contributed by atoms with van der Waals surface area (Å²) in [5.41, 5.74) is 3.80. The van der Waals surface area contributed by atoms with E-state index in [-0.39, 0.29) is 11.1 Å². The number of pyridine rings is 1. The van der Waals surface area contributed by atoms with Crippen molar-refractivity contribution < 1.29 is 14.6 Å². The Morgan fingerprint density at radius 3 is 2.67 bits per heavy atom. The summed E-state index contributed by atoms with van der Waals surface area (Å²) in [6.07, 6.45) is 1.97. The minimum atomic E-state index is -1.02. The molecule has 1 saturated heterocycles. The third kappa shape index (κ3) is 2.59. The first-order valence-electron chi connectivity index (χ1n) is 9.95. The van der Waals surface area contributed by atoms with Gasteiger partial charge in [-0.1, -0.05) is 6.08 Å². The lowest BCUT2D eigenvalue weighted by molar-refractivity contribution is 0.0697. The van der Waals surface area contributed by atoms with Crippen molar-refractivity contribution in [1.29, 1.82) is 0 Å². The minimum Gasteiger partial charge on any atom is -0.478 e. The van der Waals surface area contributed by atoms with Crippen LogP contribution in [0.2, 0.25) is 0 Å². The highest BCUT2D eigenvalue weighted by molar-refractivity contribution is 5.97. The van der Waals surface area contributed by atoms with Crippen molar-refractivity contribution in [3.8, 4) is 0 Å². The van der Waals surface area contributed by atoms with E-state index < -0.39 is 5.97 Å². The lowest BCUT2D eigenvalue weighted by Crippen LogP contribution is -2.37. The summed E-state index contributed by atoms with van der Waals surface area (Å²) in [5, 5.41) is 11.7. The first-order chi connectivity index (χ1) is 14.5. The third-order valence-electron chi connectivity index (χ3n) is 5.92. The highest BCUT2D eigenvalue weighted by atomic mass is 16.5. The molecule has 30 heavy (non-hydrogen) atoms. The molecule has 4 aromatic rings. The van der Waals surface area contributed by atoms with Crippen molar-refractivity contribution in [2.75, 3.05) is 31.2 Å². The quantitative estimate of drug-likeness (QED) is 0.553. The van der Waals surface area contributed by atoms with E-state index in [2.05, 4.69) is 9.88 Å². The molecule has 1 aliphatic rings. The van der Waals surface area contributed by atoms with Crippen LogP contribution in [0.4, 0.5) is 5.69 Å². The number of nitrogens with zero attached hydrogens (tertiary/aromatic N) is 3. The fourth-order valence-corrected chi connectivity index (χ4v) is 4.48. The Morgan fingerprint density at radius 2 is 1.97 bits per heavy atom. The highest BCUT2D eigenvalue weighted by Gasteiger charge is 2.19. The lowest BCUT2D eigenvalue weighted by atomic mass is 10.0. The van der Waals surface area contributed by atoms with Crippen molar-refractivity contribution in [1.82, 2.24) is 9.38 Å². The van der Waals surface area contributed by atoms with Crippen molar-refractivity contribution in [3.63, 3.8) is 0 Å². The predicted octanol–water partition coefficient (Wildman–Crippen LogP) is 2.36. The summed E-state index contributed by atoms with van der Waals surface area (Å²) >= 11 is 0. The molecule has 0 saturated carbocycles. The molecule has 1 fully saturated rings. The van der Waals surface area contributed by atoms with Crippen LogP contribution >= 0.6 is 0 Å². The number of hydrogen-bond donors (Lipinski definition) is 1. The molecule has 2 aromatic heterocycles. The van der Waals surface area contributed by atoms with E-state index in [0.29, 0.717) is 35.3 Å². The lowest BCUT2D eigenvalue weighted by Gasteiger charge is -2.30. The van der Waals surface area contributed by atoms with Gasteiger partial charge in [0.1, 0.15) is 5.65 Å². The predicted molar refractivity (Wildman–Crippen MR) is 117 cm³/mol. The molecule has 0 bridgehead atoms. The summed E-state index contributed by atoms with van der Waals surface area (Å²) in [4.78, 5) is 31.7. The average molecular weight is 403 g/mol. The number of aromatic nitrogens is 2. The normalized spacial score (nSPS) is 15.5. The SMILES string of the molecule is C/C=c1\c2c(C)c(N3CCOCC3)ccc2c(=O)n2c1nc1cc(C(=O)O)ccc12. The van der Waals surface area contributed by atoms with E-state index in [1.165, 1.54) is 12.1 Å². The van der Waals surface area contributed by atoms with Crippen LogP contribution in [-0.2, 0) is 4.74 Å². The number of benzene rings is 2. The van der Waals surface area contributed by atoms with E-state index in [0.717, 1.165) is 34.9 Å². The van der Waals surface area contributed by atoms with E-state index in [9.17, 15) is 14.7 Å². The number of aromatic carboxylic acids is 1. The van der Waals surface area contributed by atoms with Crippen LogP contribution in [0.25, 0.3) is 33.5 Å². The molecule has 0 radical (unpaired) electrons. The Hall–Kier alpha value is -3.45. The number of aryl methyl sites for hydroxylation is 1. The number of imidazole rings is 1. The first-order valence-corrected chi connectivity index (χ1v) is 9.95. The van der Waals surface area contributed by atoms with Gasteiger partial charge in [0, 0.05) is 34.8 Å². The number of rotatable bonds is 2. The number of fused-ring (bicyclic) bond motifs is 4. The molecule has 0 unspecified atom stereocenters. The average Bonchev–Trinajstić information content (AvgIpc) is 3.14. The maximum atomic E-state index is 13.4. The van der Waals surface area contributed by atoms with E-state index in [1.807, 2.05) is 32.1 Å². The molecule has 1 aliphatic heterocycles. The van der Waals surface area contributed by atoms with Crippen LogP contribution in [0.1, 0.15) is 22.8 Å². The van der Waals surface area contributed by atoms with Crippen LogP contribution in [0.5, 0.6) is 0 Å². The molecular weight excluding hydrogens is 382 g/mol. The standard InChI is InChI=1S/C23H21N3O4/c1-3-15-20-13(2)18(25-8-10-30-11-9-25)7-5-16(20)22(27)26-19-6-4-14(23(28)29)12-17(19)24-21(15)26/h3-7,12H,8-11H2,1-2H3,(H,28,29)/b15-3+. The van der Waals surface area contributed by atoms with Crippen molar-refractivity contribution >= 4 is 45.2 Å². The molecule has 2 aromatic carbocycles. The molecule has 0 spiro atoms. The largest absolute Gasteiger partial charge is 0.478 e. The highest BCUT2D eigenvalue weighted by Crippen LogP contribution is 2.27. The number of carbonyl (C=O) groups is 1. The summed E-state index contributed by atoms with van der Waals surface area (Å²) in [5.74, 6) is -1.02. The molecule has 152 valence electrons. The summed E-state index contributed by atoms with van der Waals surface area (Å²) in [7, 11) is 0. The van der Waals surface area contributed by atoms with Crippen molar-refractivity contribution in [2.45, 2.75) is 13.8 Å². The molecular formula is C23H21N3O4. The van der Waals surface area contributed by atoms with Crippen molar-refractivity contribution in [2.24, 2.45) is 0 Å². The molecule has 0 amide bonds. The van der Waals surface area contributed by atoms with Gasteiger partial charge >= 0.3 is 5.97 Å². The number of carboxylic acids is 1. The topological polar surface area (TPSA) is 84.1 Å². The zero-order valence-corrected chi connectivity index (χ0v) is 16.8. The fourth-order valence-electron chi connectivity index (χ4n) is 4.48. The van der Waals surface area contributed by atoms with Crippen LogP contribution in [-0.4, -0.2) is 46.8 Å². The molecule has 7 nitrogen and oxygen atoms in total. The summed E-state index contributed by atoms with van der Waals surface area (Å²) in [6.45, 7) is 6.98. The molecule has 0 aliphatic carbocycles. The Bertz CT molecular complexity index is 1450. The van der Waals surface area contributed by atoms with Gasteiger partial charge in [-0.15, -0.1) is 0 Å². The number of hydrogen-bond acceptors (Lipinski definition) is 5. The van der Waals surface area contributed by atoms with Crippen LogP contribution in [0.15, 0.2) is 35.1 Å². The zero-order valence-electron chi connectivity index (χ0n) is 16.8. The Morgan fingerprint density at radius 1 is 1.20 bits per heavy atom. The smallest absolute Gasteiger partial charge is 0.335 e. The monoisotopic (exact) mass is 403 g/mol. The zero-order chi connectivity index (χ0) is 21.0. The minimum absolute atomic E-state index is 0.146. The molecule has 3 heterocycles. The third-order valence-corrected chi connectivity index (χ3v) is 5.92. The van der Waals surface area contributed by atoms with Gasteiger partial charge < -0.3 is 14.7 Å². The van der Waals surface area contributed by atoms with Gasteiger partial charge in [0.05, 0.1) is 29.8 Å². The Labute approximate surface area is 171 Å². The van der Waals surface area contributed by atoms with Gasteiger partial charge in [0.25, 0.3) is 5.56 Å². The number of carboxylic acid groups (broad SMARTS) is 1. The van der Waals surface area contributed by atoms with Crippen LogP contribution in [0, 0.1) is 6.92 Å². The molecule has 7 heteroatoms. The Balaban J connectivity index is 1.89. The van der Waals surface area contributed by atoms with Crippen LogP contribution in [0.3, 0.4) is 0 Å². The van der Waals surface area contributed by atoms with Gasteiger partial charge in [0.15, 0.2) is 0 Å².